The average molecular weight is 383 g/mol. The fourth-order valence-corrected chi connectivity index (χ4v) is 5.40. The molecule has 1 aromatic rings. The Morgan fingerprint density at radius 2 is 1.64 bits per heavy atom. The van der Waals surface area contributed by atoms with Crippen molar-refractivity contribution >= 4 is 11.8 Å². The van der Waals surface area contributed by atoms with Crippen LogP contribution in [0.1, 0.15) is 82.9 Å². The molecule has 0 N–H and O–H groups in total. The zero-order chi connectivity index (χ0) is 19.9. The van der Waals surface area contributed by atoms with Crippen LogP contribution in [0.2, 0.25) is 0 Å². The van der Waals surface area contributed by atoms with Gasteiger partial charge in [0.2, 0.25) is 11.8 Å². The molecule has 4 heteroatoms. The predicted octanol–water partition coefficient (Wildman–Crippen LogP) is 4.44. The minimum Gasteiger partial charge on any atom is -0.303 e. The van der Waals surface area contributed by atoms with Gasteiger partial charge in [0.05, 0.1) is 6.04 Å². The van der Waals surface area contributed by atoms with Crippen molar-refractivity contribution in [2.24, 2.45) is 5.41 Å². The molecule has 0 aromatic heterocycles. The minimum atomic E-state index is -0.0526. The van der Waals surface area contributed by atoms with Gasteiger partial charge in [0, 0.05) is 12.8 Å². The number of fused-ring (bicyclic) bond motifs is 2. The Morgan fingerprint density at radius 3 is 2.29 bits per heavy atom. The van der Waals surface area contributed by atoms with Crippen LogP contribution in [-0.4, -0.2) is 41.2 Å². The summed E-state index contributed by atoms with van der Waals surface area (Å²) in [5.74, 6) is 0.0236. The molecule has 4 nitrogen and oxygen atoms in total. The van der Waals surface area contributed by atoms with Crippen molar-refractivity contribution in [2.45, 2.75) is 77.2 Å². The van der Waals surface area contributed by atoms with Crippen molar-refractivity contribution < 1.29 is 9.59 Å². The van der Waals surface area contributed by atoms with E-state index >= 15 is 0 Å². The molecule has 2 fully saturated rings. The number of carbonyl (C=O) groups excluding carboxylic acids is 2. The Morgan fingerprint density at radius 1 is 1.00 bits per heavy atom. The van der Waals surface area contributed by atoms with Gasteiger partial charge in [0.25, 0.3) is 0 Å². The molecular formula is C24H34N2O2. The Labute approximate surface area is 169 Å². The Bertz CT molecular complexity index is 740. The second-order valence-electron chi connectivity index (χ2n) is 10.2. The minimum absolute atomic E-state index is 0.0118. The molecule has 4 rings (SSSR count). The lowest BCUT2D eigenvalue weighted by atomic mass is 9.63. The summed E-state index contributed by atoms with van der Waals surface area (Å²) in [6, 6.07) is 8.56. The van der Waals surface area contributed by atoms with Crippen LogP contribution < -0.4 is 0 Å². The summed E-state index contributed by atoms with van der Waals surface area (Å²) in [5.41, 5.74) is 3.22. The maximum atomic E-state index is 12.4. The van der Waals surface area contributed by atoms with E-state index < -0.39 is 0 Å². The van der Waals surface area contributed by atoms with E-state index in [4.69, 9.17) is 0 Å². The van der Waals surface area contributed by atoms with Crippen LogP contribution >= 0.6 is 0 Å². The van der Waals surface area contributed by atoms with Crippen molar-refractivity contribution in [1.29, 1.82) is 0 Å². The number of piperidine rings is 1. The maximum absolute atomic E-state index is 12.4. The van der Waals surface area contributed by atoms with Gasteiger partial charge in [-0.3, -0.25) is 14.5 Å². The van der Waals surface area contributed by atoms with Crippen molar-refractivity contribution in [3.05, 3.63) is 35.4 Å². The summed E-state index contributed by atoms with van der Waals surface area (Å²) in [4.78, 5) is 28.9. The lowest BCUT2D eigenvalue weighted by molar-refractivity contribution is -0.141. The molecule has 0 unspecified atom stereocenters. The molecule has 2 heterocycles. The number of likely N-dealkylation sites (tertiary alicyclic amines) is 2. The highest BCUT2D eigenvalue weighted by Gasteiger charge is 2.46. The molecule has 1 aliphatic carbocycles. The van der Waals surface area contributed by atoms with E-state index in [0.717, 1.165) is 25.9 Å². The molecule has 1 spiro atoms. The van der Waals surface area contributed by atoms with E-state index in [0.29, 0.717) is 18.3 Å². The van der Waals surface area contributed by atoms with Crippen LogP contribution in [0.5, 0.6) is 0 Å². The molecule has 152 valence electrons. The van der Waals surface area contributed by atoms with Gasteiger partial charge in [-0.25, -0.2) is 0 Å². The van der Waals surface area contributed by atoms with Crippen LogP contribution in [0.3, 0.4) is 0 Å². The summed E-state index contributed by atoms with van der Waals surface area (Å²) in [5, 5.41) is 0. The zero-order valence-electron chi connectivity index (χ0n) is 17.7. The van der Waals surface area contributed by atoms with E-state index in [9.17, 15) is 9.59 Å². The summed E-state index contributed by atoms with van der Waals surface area (Å²) in [7, 11) is 0. The number of hydrogen-bond acceptors (Lipinski definition) is 3. The third-order valence-electron chi connectivity index (χ3n) is 7.18. The molecule has 0 radical (unpaired) electrons. The first-order chi connectivity index (χ1) is 13.3. The first-order valence-corrected chi connectivity index (χ1v) is 11.0. The first-order valence-electron chi connectivity index (χ1n) is 11.0. The van der Waals surface area contributed by atoms with Gasteiger partial charge in [0.15, 0.2) is 0 Å². The quantitative estimate of drug-likeness (QED) is 0.726. The Balaban J connectivity index is 1.53. The van der Waals surface area contributed by atoms with Gasteiger partial charge in [-0.05, 0) is 73.7 Å². The van der Waals surface area contributed by atoms with E-state index in [1.807, 2.05) is 0 Å². The number of hydrogen-bond donors (Lipinski definition) is 0. The first kappa shape index (κ1) is 19.6. The lowest BCUT2D eigenvalue weighted by Gasteiger charge is -2.48. The molecule has 1 atom stereocenters. The monoisotopic (exact) mass is 382 g/mol. The van der Waals surface area contributed by atoms with Gasteiger partial charge in [-0.2, -0.15) is 0 Å². The lowest BCUT2D eigenvalue weighted by Crippen LogP contribution is -2.47. The third kappa shape index (κ3) is 3.63. The van der Waals surface area contributed by atoms with E-state index in [2.05, 4.69) is 49.9 Å². The third-order valence-corrected chi connectivity index (χ3v) is 7.18. The Hall–Kier alpha value is -1.68. The van der Waals surface area contributed by atoms with Crippen molar-refractivity contribution in [2.75, 3.05) is 19.6 Å². The second kappa shape index (κ2) is 7.29. The normalized spacial score (nSPS) is 25.4. The van der Waals surface area contributed by atoms with Crippen LogP contribution in [0.25, 0.3) is 0 Å². The zero-order valence-corrected chi connectivity index (χ0v) is 17.7. The molecule has 28 heavy (non-hydrogen) atoms. The van der Waals surface area contributed by atoms with Crippen LogP contribution in [0.4, 0.5) is 0 Å². The number of carbonyl (C=O) groups is 2. The van der Waals surface area contributed by atoms with Crippen molar-refractivity contribution in [1.82, 2.24) is 9.80 Å². The largest absolute Gasteiger partial charge is 0.303 e. The standard InChI is InChI=1S/C24H34N2O2/c1-23(2,3)12-15-25-16-13-24(14-17-25)11-10-20(18-6-4-5-7-19(18)24)26-21(27)8-9-22(26)28/h4-7,20H,8-17H2,1-3H3/t20-/m0/s1. The number of amides is 2. The van der Waals surface area contributed by atoms with Crippen LogP contribution in [-0.2, 0) is 15.0 Å². The van der Waals surface area contributed by atoms with Gasteiger partial charge in [0.1, 0.15) is 0 Å². The van der Waals surface area contributed by atoms with Gasteiger partial charge in [-0.1, -0.05) is 45.0 Å². The summed E-state index contributed by atoms with van der Waals surface area (Å²) >= 11 is 0. The fourth-order valence-electron chi connectivity index (χ4n) is 5.40. The maximum Gasteiger partial charge on any atom is 0.230 e. The highest BCUT2D eigenvalue weighted by atomic mass is 16.2. The highest BCUT2D eigenvalue weighted by molar-refractivity contribution is 6.02. The van der Waals surface area contributed by atoms with Gasteiger partial charge >= 0.3 is 0 Å². The second-order valence-corrected chi connectivity index (χ2v) is 10.2. The number of rotatable bonds is 3. The molecule has 0 bridgehead atoms. The SMILES string of the molecule is CC(C)(C)CCN1CCC2(CC[C@H](N3C(=O)CCC3=O)c3ccccc32)CC1. The summed E-state index contributed by atoms with van der Waals surface area (Å²) in [6.45, 7) is 10.4. The molecule has 1 aromatic carbocycles. The highest BCUT2D eigenvalue weighted by Crippen LogP contribution is 2.50. The molecular weight excluding hydrogens is 348 g/mol. The Kier molecular flexibility index (Phi) is 5.11. The number of nitrogens with zero attached hydrogens (tertiary/aromatic N) is 2. The van der Waals surface area contributed by atoms with Gasteiger partial charge < -0.3 is 4.90 Å². The van der Waals surface area contributed by atoms with Crippen LogP contribution in [0.15, 0.2) is 24.3 Å². The number of imide groups is 1. The molecule has 2 aliphatic heterocycles. The molecule has 0 saturated carbocycles. The molecule has 3 aliphatic rings. The number of benzene rings is 1. The predicted molar refractivity (Wildman–Crippen MR) is 111 cm³/mol. The molecule has 2 saturated heterocycles. The van der Waals surface area contributed by atoms with E-state index in [-0.39, 0.29) is 23.3 Å². The topological polar surface area (TPSA) is 40.6 Å². The van der Waals surface area contributed by atoms with Gasteiger partial charge in [-0.15, -0.1) is 0 Å². The van der Waals surface area contributed by atoms with Crippen molar-refractivity contribution in [3.8, 4) is 0 Å². The smallest absolute Gasteiger partial charge is 0.230 e. The average Bonchev–Trinajstić information content (AvgIpc) is 3.00. The van der Waals surface area contributed by atoms with E-state index in [1.54, 1.807) is 4.90 Å². The fraction of sp³-hybridized carbons (Fsp3) is 0.667. The van der Waals surface area contributed by atoms with E-state index in [1.165, 1.54) is 36.9 Å². The van der Waals surface area contributed by atoms with Crippen LogP contribution in [0, 0.1) is 5.41 Å². The summed E-state index contributed by atoms with van der Waals surface area (Å²) < 4.78 is 0. The van der Waals surface area contributed by atoms with Crippen molar-refractivity contribution in [3.63, 3.8) is 0 Å². The molecule has 2 amide bonds. The summed E-state index contributed by atoms with van der Waals surface area (Å²) in [6.07, 6.45) is 6.36.